The Kier molecular flexibility index (Phi) is 27.5. The van der Waals surface area contributed by atoms with Crippen LogP contribution in [-0.2, 0) is 89.2 Å². The zero-order valence-corrected chi connectivity index (χ0v) is 51.0. The van der Waals surface area contributed by atoms with Gasteiger partial charge < -0.3 is 120 Å². The van der Waals surface area contributed by atoms with E-state index < -0.39 is 146 Å². The van der Waals surface area contributed by atoms with Gasteiger partial charge in [-0.1, -0.05) is 31.9 Å². The molecule has 34 nitrogen and oxygen atoms in total. The number of fused-ring (bicyclic) bond motifs is 1. The van der Waals surface area contributed by atoms with Crippen LogP contribution in [0.5, 0.6) is 0 Å². The molecule has 0 radical (unpaired) electrons. The number of hydrogen-bond acceptors (Lipinski definition) is 28. The number of carboxylic acid groups (broad SMARTS) is 2. The number of aromatic nitrogens is 3. The van der Waals surface area contributed by atoms with Crippen molar-refractivity contribution in [2.75, 3.05) is 46.1 Å². The van der Waals surface area contributed by atoms with E-state index in [1.54, 1.807) is 11.1 Å². The SMILES string of the molecule is CC[C@@H]1O[C@H](CC)[C@@H]2C(=O)N(CCCCCN(Cc3cn(CCOCCO[C@@H]4OC(C(=O)O)[C@@H](O[C@H]5OC(C)[C@@H](O)[C@H](O)C5N)[C@H](O)C4O)nn3)C(=O)CCC(=O)NCCCCCCO[C@@H]3OC(C(=O)O)[C@@H](O[C@H]4OC(C)[C@@H](O)[C@H](O)C4N)[C@H](O)C3O)C(=O)[C@@H]21. The molecule has 0 aromatic carbocycles. The van der Waals surface area contributed by atoms with Crippen LogP contribution in [0.4, 0.5) is 0 Å². The minimum Gasteiger partial charge on any atom is -0.479 e. The highest BCUT2D eigenvalue weighted by Crippen LogP contribution is 2.43. The van der Waals surface area contributed by atoms with Crippen LogP contribution in [0.25, 0.3) is 0 Å². The third-order valence-electron chi connectivity index (χ3n) is 17.2. The predicted molar refractivity (Wildman–Crippen MR) is 301 cm³/mol. The highest BCUT2D eigenvalue weighted by molar-refractivity contribution is 6.06. The molecule has 1 aromatic rings. The van der Waals surface area contributed by atoms with Crippen LogP contribution in [0.15, 0.2) is 6.20 Å². The summed E-state index contributed by atoms with van der Waals surface area (Å²) in [6, 6.07) is -2.64. The van der Waals surface area contributed by atoms with E-state index in [4.69, 9.17) is 58.8 Å². The number of carboxylic acids is 2. The van der Waals surface area contributed by atoms with Gasteiger partial charge >= 0.3 is 11.9 Å². The average Bonchev–Trinajstić information content (AvgIpc) is 2.31. The lowest BCUT2D eigenvalue weighted by Crippen LogP contribution is -2.66. The van der Waals surface area contributed by atoms with E-state index in [1.807, 2.05) is 13.8 Å². The number of carbonyl (C=O) groups excluding carboxylic acids is 4. The standard InChI is InChI=1S/C56H92N8O26/c1-5-29-33-34(30(6-2)86-29)50(76)64(49(33)75)18-12-9-11-17-62(24-28-25-63(61-60-28)19-21-81-22-23-83-56-44(74)42(72)46(48(90-56)52(79)80)88-54-36(58)40(70)38(68)27(4)85-54)32(66)15-14-31(65)59-16-10-7-8-13-20-82-55-43(73)41(71)45(47(89-55)51(77)78)87-53-35(57)39(69)37(67)26(3)84-53/h25-27,29-30,33-48,53-56,67-74H,5-24,57-58H2,1-4H3,(H,59,65)(H,77,78)(H,79,80)/t26?,27?,29-,30+,33+,34-,35?,36?,37-,38-,39-,40-,41-,42-,43?,44?,45+,46+,47?,48?,53-,54-,55-,56-/m1/s1. The molecule has 6 aliphatic rings. The lowest BCUT2D eigenvalue weighted by molar-refractivity contribution is -0.337. The Balaban J connectivity index is 0.825. The van der Waals surface area contributed by atoms with Gasteiger partial charge in [0, 0.05) is 39.1 Å². The van der Waals surface area contributed by atoms with Crippen molar-refractivity contribution in [3.8, 4) is 0 Å². The first kappa shape index (κ1) is 72.8. The number of unbranched alkanes of at least 4 members (excludes halogenated alkanes) is 5. The van der Waals surface area contributed by atoms with Crippen LogP contribution in [-0.4, -0.2) is 292 Å². The lowest BCUT2D eigenvalue weighted by Gasteiger charge is -2.45. The number of nitrogens with two attached hydrogens (primary N) is 2. The monoisotopic (exact) mass is 1290 g/mol. The number of aliphatic hydroxyl groups excluding tert-OH is 8. The highest BCUT2D eigenvalue weighted by Gasteiger charge is 2.59. The molecule has 90 heavy (non-hydrogen) atoms. The van der Waals surface area contributed by atoms with Crippen molar-refractivity contribution in [2.24, 2.45) is 23.3 Å². The molecule has 1 aromatic heterocycles. The van der Waals surface area contributed by atoms with Crippen molar-refractivity contribution < 1.29 is 127 Å². The summed E-state index contributed by atoms with van der Waals surface area (Å²) in [6.07, 6.45) is -22.2. The van der Waals surface area contributed by atoms with Gasteiger partial charge in [0.1, 0.15) is 66.7 Å². The number of likely N-dealkylation sites (tertiary alicyclic amines) is 1. The van der Waals surface area contributed by atoms with Gasteiger partial charge in [-0.2, -0.15) is 0 Å². The van der Waals surface area contributed by atoms with E-state index >= 15 is 0 Å². The van der Waals surface area contributed by atoms with Gasteiger partial charge in [-0.25, -0.2) is 14.3 Å². The van der Waals surface area contributed by atoms with Crippen LogP contribution in [0.2, 0.25) is 0 Å². The Labute approximate surface area is 519 Å². The van der Waals surface area contributed by atoms with Crippen LogP contribution in [0.3, 0.4) is 0 Å². The summed E-state index contributed by atoms with van der Waals surface area (Å²) in [5, 5.41) is 115. The maximum absolute atomic E-state index is 13.8. The first-order chi connectivity index (χ1) is 42.9. The summed E-state index contributed by atoms with van der Waals surface area (Å²) < 4.78 is 57.4. The number of rotatable bonds is 34. The van der Waals surface area contributed by atoms with E-state index in [1.165, 1.54) is 23.4 Å². The van der Waals surface area contributed by atoms with E-state index in [9.17, 15) is 79.8 Å². The van der Waals surface area contributed by atoms with Gasteiger partial charge in [0.15, 0.2) is 37.4 Å². The number of nitrogens with one attached hydrogen (secondary N) is 1. The second-order valence-corrected chi connectivity index (χ2v) is 23.6. The minimum absolute atomic E-state index is 0.0124. The molecule has 512 valence electrons. The van der Waals surface area contributed by atoms with Gasteiger partial charge in [0.25, 0.3) is 0 Å². The third kappa shape index (κ3) is 18.0. The number of aliphatic hydroxyl groups is 8. The topological polar surface area (TPSA) is 498 Å². The quantitative estimate of drug-likeness (QED) is 0.0227. The van der Waals surface area contributed by atoms with Crippen molar-refractivity contribution in [3.63, 3.8) is 0 Å². The first-order valence-corrected chi connectivity index (χ1v) is 31.0. The van der Waals surface area contributed by atoms with Gasteiger partial charge in [-0.3, -0.25) is 24.1 Å². The number of nitrogens with zero attached hydrogens (tertiary/aromatic N) is 5. The van der Waals surface area contributed by atoms with Crippen molar-refractivity contribution in [1.82, 2.24) is 30.1 Å². The van der Waals surface area contributed by atoms with Gasteiger partial charge in [0.2, 0.25) is 23.6 Å². The average molecular weight is 1290 g/mol. The molecule has 8 unspecified atom stereocenters. The molecule has 0 spiro atoms. The molecule has 0 bridgehead atoms. The number of imide groups is 1. The Hall–Kier alpha value is -4.64. The summed E-state index contributed by atoms with van der Waals surface area (Å²) in [7, 11) is 0. The number of carbonyl (C=O) groups is 6. The van der Waals surface area contributed by atoms with Crippen LogP contribution in [0, 0.1) is 11.8 Å². The summed E-state index contributed by atoms with van der Waals surface area (Å²) in [5.41, 5.74) is 12.3. The zero-order valence-electron chi connectivity index (χ0n) is 51.0. The van der Waals surface area contributed by atoms with Crippen molar-refractivity contribution >= 4 is 35.6 Å². The van der Waals surface area contributed by atoms with E-state index in [0.717, 1.165) is 0 Å². The fourth-order valence-corrected chi connectivity index (χ4v) is 11.9. The Morgan fingerprint density at radius 3 is 1.66 bits per heavy atom. The molecular weight excluding hydrogens is 1200 g/mol. The normalized spacial score (nSPS) is 37.1. The fourth-order valence-electron chi connectivity index (χ4n) is 11.9. The van der Waals surface area contributed by atoms with Crippen molar-refractivity contribution in [2.45, 2.75) is 246 Å². The smallest absolute Gasteiger partial charge is 0.335 e. The molecule has 4 amide bonds. The molecule has 6 saturated heterocycles. The molecule has 24 atom stereocenters. The summed E-state index contributed by atoms with van der Waals surface area (Å²) in [5.74, 6) is -5.20. The molecule has 0 aliphatic carbocycles. The summed E-state index contributed by atoms with van der Waals surface area (Å²) in [4.78, 5) is 80.9. The van der Waals surface area contributed by atoms with Crippen LogP contribution in [0.1, 0.15) is 104 Å². The third-order valence-corrected chi connectivity index (χ3v) is 17.2. The summed E-state index contributed by atoms with van der Waals surface area (Å²) in [6.45, 7) is 7.56. The molecule has 0 saturated carbocycles. The number of aliphatic carboxylic acids is 2. The van der Waals surface area contributed by atoms with Crippen LogP contribution >= 0.6 is 0 Å². The van der Waals surface area contributed by atoms with Gasteiger partial charge in [0.05, 0.1) is 87.4 Å². The maximum atomic E-state index is 13.8. The maximum Gasteiger partial charge on any atom is 0.335 e. The molecule has 15 N–H and O–H groups in total. The second kappa shape index (κ2) is 34.0. The van der Waals surface area contributed by atoms with Gasteiger partial charge in [-0.15, -0.1) is 5.10 Å². The molecule has 6 aliphatic heterocycles. The second-order valence-electron chi connectivity index (χ2n) is 23.6. The van der Waals surface area contributed by atoms with Crippen molar-refractivity contribution in [1.29, 1.82) is 0 Å². The number of ether oxygens (including phenoxy) is 10. The molecule has 7 heterocycles. The molecular formula is C56H92N8O26. The predicted octanol–water partition coefficient (Wildman–Crippen LogP) is -5.11. The fraction of sp³-hybridized carbons (Fsp3) is 0.857. The Morgan fingerprint density at radius 1 is 0.600 bits per heavy atom. The lowest BCUT2D eigenvalue weighted by atomic mass is 9.88. The van der Waals surface area contributed by atoms with E-state index in [-0.39, 0.29) is 101 Å². The molecule has 34 heteroatoms. The highest BCUT2D eigenvalue weighted by atomic mass is 16.8. The molecule has 7 rings (SSSR count). The van der Waals surface area contributed by atoms with E-state index in [2.05, 4.69) is 15.6 Å². The number of amides is 4. The molecule has 6 fully saturated rings. The Bertz CT molecular complexity index is 2460. The zero-order chi connectivity index (χ0) is 65.7. The van der Waals surface area contributed by atoms with Crippen LogP contribution < -0.4 is 16.8 Å². The van der Waals surface area contributed by atoms with Gasteiger partial charge in [-0.05, 0) is 58.8 Å². The minimum atomic E-state index is -1.87. The van der Waals surface area contributed by atoms with E-state index in [0.29, 0.717) is 70.0 Å². The van der Waals surface area contributed by atoms with Crippen molar-refractivity contribution in [3.05, 3.63) is 11.9 Å². The number of hydrogen-bond donors (Lipinski definition) is 13. The largest absolute Gasteiger partial charge is 0.479 e. The summed E-state index contributed by atoms with van der Waals surface area (Å²) >= 11 is 0. The Morgan fingerprint density at radius 2 is 1.12 bits per heavy atom. The first-order valence-electron chi connectivity index (χ1n) is 31.0.